The third-order valence-corrected chi connectivity index (χ3v) is 4.75. The van der Waals surface area contributed by atoms with Crippen molar-refractivity contribution in [2.24, 2.45) is 0 Å². The monoisotopic (exact) mass is 360 g/mol. The first kappa shape index (κ1) is 19.1. The van der Waals surface area contributed by atoms with E-state index in [1.54, 1.807) is 7.11 Å². The van der Waals surface area contributed by atoms with Gasteiger partial charge in [0.1, 0.15) is 5.75 Å². The van der Waals surface area contributed by atoms with Crippen molar-refractivity contribution in [2.45, 2.75) is 32.1 Å². The lowest BCUT2D eigenvalue weighted by molar-refractivity contribution is -0.119. The lowest BCUT2D eigenvalue weighted by Crippen LogP contribution is -2.36. The Balaban J connectivity index is 0.00000225. The Bertz CT molecular complexity index is 731. The molecule has 0 aliphatic carbocycles. The van der Waals surface area contributed by atoms with Crippen molar-refractivity contribution in [3.8, 4) is 5.75 Å². The van der Waals surface area contributed by atoms with Crippen molar-refractivity contribution in [1.29, 1.82) is 0 Å². The maximum Gasteiger partial charge on any atom is 0.227 e. The van der Waals surface area contributed by atoms with Crippen LogP contribution >= 0.6 is 12.4 Å². The second-order valence-corrected chi connectivity index (χ2v) is 6.37. The number of anilines is 2. The van der Waals surface area contributed by atoms with Gasteiger partial charge in [0.05, 0.1) is 7.11 Å². The molecule has 1 unspecified atom stereocenters. The number of amides is 1. The van der Waals surface area contributed by atoms with Crippen LogP contribution in [0.25, 0.3) is 0 Å². The van der Waals surface area contributed by atoms with Crippen molar-refractivity contribution in [1.82, 2.24) is 0 Å². The summed E-state index contributed by atoms with van der Waals surface area (Å²) in [6.45, 7) is 2.86. The molecule has 1 aliphatic heterocycles. The van der Waals surface area contributed by atoms with Gasteiger partial charge in [-0.15, -0.1) is 12.4 Å². The minimum atomic E-state index is 0. The molecule has 25 heavy (non-hydrogen) atoms. The molecule has 2 aromatic rings. The highest BCUT2D eigenvalue weighted by atomic mass is 35.5. The summed E-state index contributed by atoms with van der Waals surface area (Å²) in [4.78, 5) is 14.7. The highest BCUT2D eigenvalue weighted by Gasteiger charge is 2.25. The number of nitrogen functional groups attached to an aromatic ring is 1. The van der Waals surface area contributed by atoms with Gasteiger partial charge in [-0.2, -0.15) is 0 Å². The average molecular weight is 361 g/mol. The number of rotatable bonds is 4. The van der Waals surface area contributed by atoms with Gasteiger partial charge in [-0.05, 0) is 54.2 Å². The Morgan fingerprint density at radius 2 is 1.96 bits per heavy atom. The molecule has 1 aliphatic rings. The zero-order chi connectivity index (χ0) is 17.1. The average Bonchev–Trinajstić information content (AvgIpc) is 2.61. The van der Waals surface area contributed by atoms with Crippen LogP contribution in [-0.2, 0) is 11.2 Å². The molecule has 4 nitrogen and oxygen atoms in total. The second-order valence-electron chi connectivity index (χ2n) is 6.37. The van der Waals surface area contributed by atoms with E-state index in [1.807, 2.05) is 47.4 Å². The molecule has 134 valence electrons. The molecule has 2 aromatic carbocycles. The lowest BCUT2D eigenvalue weighted by atomic mass is 9.95. The van der Waals surface area contributed by atoms with Gasteiger partial charge in [-0.3, -0.25) is 4.79 Å². The van der Waals surface area contributed by atoms with Crippen LogP contribution in [0.2, 0.25) is 0 Å². The Kier molecular flexibility index (Phi) is 6.32. The number of benzene rings is 2. The van der Waals surface area contributed by atoms with Crippen LogP contribution < -0.4 is 15.4 Å². The number of ether oxygens (including phenoxy) is 1. The predicted molar refractivity (Wildman–Crippen MR) is 105 cm³/mol. The van der Waals surface area contributed by atoms with Crippen LogP contribution in [0.3, 0.4) is 0 Å². The van der Waals surface area contributed by atoms with Gasteiger partial charge in [0, 0.05) is 24.3 Å². The smallest absolute Gasteiger partial charge is 0.227 e. The molecule has 0 saturated heterocycles. The summed E-state index contributed by atoms with van der Waals surface area (Å²) >= 11 is 0. The van der Waals surface area contributed by atoms with Crippen LogP contribution in [0.5, 0.6) is 5.75 Å². The number of hydrogen-bond donors (Lipinski definition) is 1. The lowest BCUT2D eigenvalue weighted by Gasteiger charge is -2.31. The zero-order valence-corrected chi connectivity index (χ0v) is 15.5. The molecule has 2 N–H and O–H groups in total. The number of halogens is 1. The van der Waals surface area contributed by atoms with Gasteiger partial charge >= 0.3 is 0 Å². The maximum absolute atomic E-state index is 12.8. The van der Waals surface area contributed by atoms with E-state index in [-0.39, 0.29) is 24.2 Å². The number of carbonyl (C=O) groups is 1. The van der Waals surface area contributed by atoms with E-state index in [1.165, 1.54) is 0 Å². The highest BCUT2D eigenvalue weighted by molar-refractivity contribution is 5.95. The fourth-order valence-electron chi connectivity index (χ4n) is 3.33. The molecule has 1 atom stereocenters. The van der Waals surface area contributed by atoms with E-state index in [2.05, 4.69) is 6.92 Å². The molecular formula is C20H25ClN2O2. The summed E-state index contributed by atoms with van der Waals surface area (Å²) in [5.41, 5.74) is 10.1. The van der Waals surface area contributed by atoms with Gasteiger partial charge in [-0.1, -0.05) is 25.1 Å². The molecule has 0 spiro atoms. The minimum Gasteiger partial charge on any atom is -0.497 e. The first-order valence-corrected chi connectivity index (χ1v) is 8.42. The summed E-state index contributed by atoms with van der Waals surface area (Å²) in [5.74, 6) is 1.15. The standard InChI is InChI=1S/C20H24N2O2.ClH/c1-14(15-8-10-16(24-2)11-9-15)13-20(23)22-12-4-5-17-18(21)6-3-7-19(17)22;/h3,6-11,14H,4-5,12-13,21H2,1-2H3;1H. The molecule has 5 heteroatoms. The number of carbonyl (C=O) groups excluding carboxylic acids is 1. The normalized spacial score (nSPS) is 14.2. The fourth-order valence-corrected chi connectivity index (χ4v) is 3.33. The number of nitrogens with two attached hydrogens (primary N) is 1. The van der Waals surface area contributed by atoms with E-state index in [0.717, 1.165) is 47.6 Å². The SMILES string of the molecule is COc1ccc(C(C)CC(=O)N2CCCc3c(N)cccc32)cc1.Cl. The van der Waals surface area contributed by atoms with Crippen LogP contribution in [0.1, 0.15) is 36.8 Å². The Hall–Kier alpha value is -2.20. The van der Waals surface area contributed by atoms with Gasteiger partial charge in [0.2, 0.25) is 5.91 Å². The van der Waals surface area contributed by atoms with Gasteiger partial charge < -0.3 is 15.4 Å². The van der Waals surface area contributed by atoms with E-state index < -0.39 is 0 Å². The maximum atomic E-state index is 12.8. The van der Waals surface area contributed by atoms with Crippen molar-refractivity contribution in [3.63, 3.8) is 0 Å². The number of nitrogens with zero attached hydrogens (tertiary/aromatic N) is 1. The highest BCUT2D eigenvalue weighted by Crippen LogP contribution is 2.33. The third-order valence-electron chi connectivity index (χ3n) is 4.75. The van der Waals surface area contributed by atoms with Crippen molar-refractivity contribution in [2.75, 3.05) is 24.3 Å². The number of fused-ring (bicyclic) bond motifs is 1. The summed E-state index contributed by atoms with van der Waals surface area (Å²) < 4.78 is 5.19. The second kappa shape index (κ2) is 8.26. The first-order chi connectivity index (χ1) is 11.6. The topological polar surface area (TPSA) is 55.6 Å². The summed E-state index contributed by atoms with van der Waals surface area (Å²) in [6, 6.07) is 13.8. The molecule has 1 amide bonds. The molecule has 0 aromatic heterocycles. The summed E-state index contributed by atoms with van der Waals surface area (Å²) in [7, 11) is 1.65. The molecule has 1 heterocycles. The third kappa shape index (κ3) is 4.07. The van der Waals surface area contributed by atoms with E-state index in [4.69, 9.17) is 10.5 Å². The van der Waals surface area contributed by atoms with Gasteiger partial charge in [0.25, 0.3) is 0 Å². The van der Waals surface area contributed by atoms with Gasteiger partial charge in [-0.25, -0.2) is 0 Å². The predicted octanol–water partition coefficient (Wildman–Crippen LogP) is 4.17. The molecular weight excluding hydrogens is 336 g/mol. The molecule has 0 fully saturated rings. The minimum absolute atomic E-state index is 0. The van der Waals surface area contributed by atoms with Crippen molar-refractivity contribution < 1.29 is 9.53 Å². The molecule has 0 saturated carbocycles. The van der Waals surface area contributed by atoms with E-state index in [0.29, 0.717) is 6.42 Å². The fraction of sp³-hybridized carbons (Fsp3) is 0.350. The van der Waals surface area contributed by atoms with Crippen LogP contribution in [0.15, 0.2) is 42.5 Å². The van der Waals surface area contributed by atoms with Crippen molar-refractivity contribution >= 4 is 29.7 Å². The summed E-state index contributed by atoms with van der Waals surface area (Å²) in [6.07, 6.45) is 2.39. The van der Waals surface area contributed by atoms with E-state index >= 15 is 0 Å². The van der Waals surface area contributed by atoms with E-state index in [9.17, 15) is 4.79 Å². The zero-order valence-electron chi connectivity index (χ0n) is 14.7. The Labute approximate surface area is 155 Å². The first-order valence-electron chi connectivity index (χ1n) is 8.42. The summed E-state index contributed by atoms with van der Waals surface area (Å²) in [5, 5.41) is 0. The molecule has 3 rings (SSSR count). The van der Waals surface area contributed by atoms with Crippen molar-refractivity contribution in [3.05, 3.63) is 53.6 Å². The van der Waals surface area contributed by atoms with Gasteiger partial charge in [0.15, 0.2) is 0 Å². The Morgan fingerprint density at radius 1 is 1.24 bits per heavy atom. The molecule has 0 bridgehead atoms. The Morgan fingerprint density at radius 3 is 2.64 bits per heavy atom. The number of hydrogen-bond acceptors (Lipinski definition) is 3. The number of methoxy groups -OCH3 is 1. The van der Waals surface area contributed by atoms with Crippen LogP contribution in [-0.4, -0.2) is 19.6 Å². The van der Waals surface area contributed by atoms with Crippen LogP contribution in [0, 0.1) is 0 Å². The largest absolute Gasteiger partial charge is 0.497 e. The van der Waals surface area contributed by atoms with Crippen LogP contribution in [0.4, 0.5) is 11.4 Å². The quantitative estimate of drug-likeness (QED) is 0.832. The molecule has 0 radical (unpaired) electrons.